The summed E-state index contributed by atoms with van der Waals surface area (Å²) in [6.45, 7) is 8.81. The molecule has 3 fully saturated rings. The number of morpholine rings is 2. The minimum absolute atomic E-state index is 0.664. The van der Waals surface area contributed by atoms with Gasteiger partial charge in [-0.1, -0.05) is 0 Å². The van der Waals surface area contributed by atoms with Gasteiger partial charge in [0.2, 0.25) is 0 Å². The molecule has 0 spiro atoms. The summed E-state index contributed by atoms with van der Waals surface area (Å²) in [7, 11) is 0. The number of hydrogen-bond donors (Lipinski definition) is 2. The third-order valence-corrected chi connectivity index (χ3v) is 3.91. The first-order valence-corrected chi connectivity index (χ1v) is 7.16. The average molecular weight is 288 g/mol. The summed E-state index contributed by atoms with van der Waals surface area (Å²) in [5.41, 5.74) is 2.28. The smallest absolute Gasteiger partial charge is 0.0836 e. The highest BCUT2D eigenvalue weighted by atomic mass is 16.5. The molecule has 0 aromatic heterocycles. The van der Waals surface area contributed by atoms with Crippen molar-refractivity contribution in [1.29, 1.82) is 0 Å². The minimum Gasteiger partial charge on any atom is -0.379 e. The molecule has 0 unspecified atom stereocenters. The maximum atomic E-state index is 9.26. The van der Waals surface area contributed by atoms with Gasteiger partial charge in [-0.15, -0.1) is 5.59 Å². The van der Waals surface area contributed by atoms with Gasteiger partial charge in [-0.05, 0) is 0 Å². The van der Waals surface area contributed by atoms with E-state index in [2.05, 4.69) is 25.6 Å². The zero-order chi connectivity index (χ0) is 13.8. The van der Waals surface area contributed by atoms with Gasteiger partial charge in [-0.25, -0.2) is 20.0 Å². The molecular weight excluding hydrogens is 264 g/mol. The Morgan fingerprint density at radius 1 is 0.650 bits per heavy atom. The fraction of sp³-hybridized carbons (Fsp3) is 1.00. The molecule has 0 atom stereocenters. The van der Waals surface area contributed by atoms with Crippen LogP contribution in [0.2, 0.25) is 0 Å². The Labute approximate surface area is 119 Å². The van der Waals surface area contributed by atoms with E-state index in [1.54, 1.807) is 5.01 Å². The van der Waals surface area contributed by atoms with Crippen LogP contribution in [0.3, 0.4) is 0 Å². The lowest BCUT2D eigenvalue weighted by Crippen LogP contribution is -2.67. The van der Waals surface area contributed by atoms with Gasteiger partial charge in [0.15, 0.2) is 0 Å². The number of ether oxygens (including phenoxy) is 2. The highest BCUT2D eigenvalue weighted by Gasteiger charge is 2.31. The lowest BCUT2D eigenvalue weighted by atomic mass is 10.5. The Bertz CT molecular complexity index is 272. The van der Waals surface area contributed by atoms with Gasteiger partial charge in [-0.2, -0.15) is 5.01 Å². The van der Waals surface area contributed by atoms with E-state index in [1.165, 1.54) is 0 Å². The highest BCUT2D eigenvalue weighted by molar-refractivity contribution is 4.69. The van der Waals surface area contributed by atoms with Gasteiger partial charge in [-0.3, -0.25) is 0 Å². The minimum atomic E-state index is 0.664. The van der Waals surface area contributed by atoms with E-state index in [4.69, 9.17) is 9.47 Å². The van der Waals surface area contributed by atoms with Crippen molar-refractivity contribution in [2.24, 2.45) is 0 Å². The number of hydrazine groups is 3. The maximum absolute atomic E-state index is 9.26. The standard InChI is InChI=1S/C11H24N6O3/c18-12-13-9-16(14-1-5-19-6-2-14)11-17(10-13)15-3-7-20-8-4-15/h12,18H,1-11H2. The molecule has 0 bridgehead atoms. The van der Waals surface area contributed by atoms with Crippen molar-refractivity contribution in [3.8, 4) is 0 Å². The molecule has 3 heterocycles. The molecule has 3 rings (SSSR count). The van der Waals surface area contributed by atoms with Crippen LogP contribution in [0.1, 0.15) is 0 Å². The van der Waals surface area contributed by atoms with Gasteiger partial charge in [0.05, 0.1) is 46.4 Å². The van der Waals surface area contributed by atoms with E-state index in [-0.39, 0.29) is 0 Å². The SMILES string of the molecule is ONN1CN(N2CCOCC2)CN(N2CCOCC2)C1. The molecule has 0 radical (unpaired) electrons. The van der Waals surface area contributed by atoms with Gasteiger partial charge in [0.25, 0.3) is 0 Å². The second kappa shape index (κ2) is 7.07. The first kappa shape index (κ1) is 14.6. The normalized spacial score (nSPS) is 29.9. The molecule has 0 amide bonds. The molecule has 20 heavy (non-hydrogen) atoms. The zero-order valence-electron chi connectivity index (χ0n) is 11.8. The van der Waals surface area contributed by atoms with Crippen LogP contribution in [-0.4, -0.2) is 103 Å². The fourth-order valence-corrected chi connectivity index (χ4v) is 2.81. The van der Waals surface area contributed by atoms with Crippen LogP contribution in [0.15, 0.2) is 0 Å². The summed E-state index contributed by atoms with van der Waals surface area (Å²) in [4.78, 5) is 0. The van der Waals surface area contributed by atoms with Gasteiger partial charge < -0.3 is 14.7 Å². The van der Waals surface area contributed by atoms with E-state index in [0.717, 1.165) is 59.3 Å². The summed E-state index contributed by atoms with van der Waals surface area (Å²) in [6, 6.07) is 0. The Balaban J connectivity index is 1.61. The van der Waals surface area contributed by atoms with Crippen LogP contribution in [0.4, 0.5) is 0 Å². The average Bonchev–Trinajstić information content (AvgIpc) is 2.56. The number of nitrogens with one attached hydrogen (secondary N) is 1. The molecule has 0 aromatic carbocycles. The topological polar surface area (TPSA) is 66.9 Å². The molecule has 0 saturated carbocycles. The fourth-order valence-electron chi connectivity index (χ4n) is 2.81. The van der Waals surface area contributed by atoms with Crippen molar-refractivity contribution in [3.05, 3.63) is 0 Å². The van der Waals surface area contributed by atoms with Crippen molar-refractivity contribution in [2.45, 2.75) is 0 Å². The van der Waals surface area contributed by atoms with E-state index in [9.17, 15) is 5.21 Å². The van der Waals surface area contributed by atoms with Crippen LogP contribution >= 0.6 is 0 Å². The van der Waals surface area contributed by atoms with Crippen molar-refractivity contribution in [1.82, 2.24) is 30.6 Å². The van der Waals surface area contributed by atoms with Crippen molar-refractivity contribution in [3.63, 3.8) is 0 Å². The summed E-state index contributed by atoms with van der Waals surface area (Å²) in [5, 5.41) is 20.1. The third-order valence-electron chi connectivity index (χ3n) is 3.91. The molecule has 3 saturated heterocycles. The second-order valence-electron chi connectivity index (χ2n) is 5.21. The molecule has 2 N–H and O–H groups in total. The quantitative estimate of drug-likeness (QED) is 0.584. The molecule has 0 aliphatic carbocycles. The molecular formula is C11H24N6O3. The Morgan fingerprint density at radius 2 is 1.10 bits per heavy atom. The zero-order valence-corrected chi connectivity index (χ0v) is 11.8. The van der Waals surface area contributed by atoms with Crippen LogP contribution < -0.4 is 5.59 Å². The lowest BCUT2D eigenvalue weighted by Gasteiger charge is -2.49. The highest BCUT2D eigenvalue weighted by Crippen LogP contribution is 2.13. The lowest BCUT2D eigenvalue weighted by molar-refractivity contribution is -0.253. The van der Waals surface area contributed by atoms with Crippen LogP contribution in [0.25, 0.3) is 0 Å². The summed E-state index contributed by atoms with van der Waals surface area (Å²) in [5.74, 6) is 0. The maximum Gasteiger partial charge on any atom is 0.0836 e. The van der Waals surface area contributed by atoms with Crippen molar-refractivity contribution < 1.29 is 14.7 Å². The molecule has 3 aliphatic heterocycles. The second-order valence-corrected chi connectivity index (χ2v) is 5.21. The Morgan fingerprint density at radius 3 is 1.50 bits per heavy atom. The number of nitrogens with zero attached hydrogens (tertiary/aromatic N) is 5. The van der Waals surface area contributed by atoms with Crippen molar-refractivity contribution >= 4 is 0 Å². The molecule has 0 aromatic rings. The number of rotatable bonds is 3. The Kier molecular flexibility index (Phi) is 5.15. The third kappa shape index (κ3) is 3.45. The van der Waals surface area contributed by atoms with Gasteiger partial charge >= 0.3 is 0 Å². The van der Waals surface area contributed by atoms with E-state index >= 15 is 0 Å². The number of hydrogen-bond acceptors (Lipinski definition) is 9. The van der Waals surface area contributed by atoms with E-state index in [1.807, 2.05) is 0 Å². The first-order chi connectivity index (χ1) is 9.86. The summed E-state index contributed by atoms with van der Waals surface area (Å²) in [6.07, 6.45) is 0. The summed E-state index contributed by atoms with van der Waals surface area (Å²) >= 11 is 0. The van der Waals surface area contributed by atoms with Crippen LogP contribution in [0.5, 0.6) is 0 Å². The molecule has 3 aliphatic rings. The van der Waals surface area contributed by atoms with Crippen LogP contribution in [-0.2, 0) is 9.47 Å². The van der Waals surface area contributed by atoms with Gasteiger partial charge in [0, 0.05) is 26.2 Å². The first-order valence-electron chi connectivity index (χ1n) is 7.16. The predicted molar refractivity (Wildman–Crippen MR) is 69.8 cm³/mol. The molecule has 9 heteroatoms. The van der Waals surface area contributed by atoms with Crippen LogP contribution in [0, 0.1) is 0 Å². The van der Waals surface area contributed by atoms with E-state index < -0.39 is 0 Å². The van der Waals surface area contributed by atoms with E-state index in [0.29, 0.717) is 13.3 Å². The van der Waals surface area contributed by atoms with Gasteiger partial charge in [0.1, 0.15) is 0 Å². The Hall–Kier alpha value is -0.360. The summed E-state index contributed by atoms with van der Waals surface area (Å²) < 4.78 is 10.8. The molecule has 116 valence electrons. The largest absolute Gasteiger partial charge is 0.379 e. The monoisotopic (exact) mass is 288 g/mol. The van der Waals surface area contributed by atoms with Crippen molar-refractivity contribution in [2.75, 3.05) is 72.6 Å². The predicted octanol–water partition coefficient (Wildman–Crippen LogP) is -1.83. The molecule has 9 nitrogen and oxygen atoms in total.